The van der Waals surface area contributed by atoms with Gasteiger partial charge in [0, 0.05) is 13.1 Å². The Labute approximate surface area is 195 Å². The Bertz CT molecular complexity index is 1040. The van der Waals surface area contributed by atoms with E-state index in [2.05, 4.69) is 15.5 Å². The highest BCUT2D eigenvalue weighted by atomic mass is 35.5. The first-order chi connectivity index (χ1) is 15.3. The summed E-state index contributed by atoms with van der Waals surface area (Å²) in [5.74, 6) is 1.50. The molecule has 4 bridgehead atoms. The summed E-state index contributed by atoms with van der Waals surface area (Å²) in [5.41, 5.74) is 0.135. The molecule has 4 aliphatic rings. The first-order valence-electron chi connectivity index (χ1n) is 11.2. The number of aryl methyl sites for hydroxylation is 2. The Kier molecular flexibility index (Phi) is 5.44. The molecule has 0 saturated heterocycles. The standard InChI is InChI=1S/C21H26Cl2N6O3/c1-12-17(22)19(23)27(25-12)4-2-3-24-20(30)18-16(29(31)32)11-28(26-18)21-8-13-5-14(9-21)7-15(6-13)10-21/h11,13-15H,2-10H2,1H3,(H,24,30). The van der Waals surface area contributed by atoms with E-state index in [1.165, 1.54) is 25.5 Å². The molecule has 0 unspecified atom stereocenters. The van der Waals surface area contributed by atoms with Crippen LogP contribution in [0.25, 0.3) is 0 Å². The van der Waals surface area contributed by atoms with Gasteiger partial charge in [-0.25, -0.2) is 0 Å². The topological polar surface area (TPSA) is 108 Å². The summed E-state index contributed by atoms with van der Waals surface area (Å²) in [6, 6.07) is 0. The van der Waals surface area contributed by atoms with E-state index in [9.17, 15) is 14.9 Å². The lowest BCUT2D eigenvalue weighted by molar-refractivity contribution is -0.385. The molecule has 9 nitrogen and oxygen atoms in total. The first-order valence-corrected chi connectivity index (χ1v) is 11.9. The van der Waals surface area contributed by atoms with E-state index in [0.717, 1.165) is 19.3 Å². The first kappa shape index (κ1) is 21.7. The van der Waals surface area contributed by atoms with Gasteiger partial charge < -0.3 is 5.32 Å². The molecular weight excluding hydrogens is 455 g/mol. The molecule has 2 heterocycles. The lowest BCUT2D eigenvalue weighted by Gasteiger charge is -2.56. The number of nitrogens with zero attached hydrogens (tertiary/aromatic N) is 5. The van der Waals surface area contributed by atoms with Crippen molar-refractivity contribution >= 4 is 34.8 Å². The van der Waals surface area contributed by atoms with Crippen LogP contribution in [0.3, 0.4) is 0 Å². The second-order valence-electron chi connectivity index (χ2n) is 9.73. The van der Waals surface area contributed by atoms with Crippen molar-refractivity contribution in [2.45, 2.75) is 64.0 Å². The Morgan fingerprint density at radius 3 is 2.38 bits per heavy atom. The van der Waals surface area contributed by atoms with Crippen molar-refractivity contribution < 1.29 is 9.72 Å². The number of nitro groups is 1. The lowest BCUT2D eigenvalue weighted by Crippen LogP contribution is -2.52. The largest absolute Gasteiger partial charge is 0.350 e. The number of amides is 1. The molecule has 1 N–H and O–H groups in total. The second kappa shape index (κ2) is 8.02. The van der Waals surface area contributed by atoms with Gasteiger partial charge in [0.2, 0.25) is 5.69 Å². The van der Waals surface area contributed by atoms with E-state index in [1.54, 1.807) is 16.3 Å². The number of halogens is 2. The van der Waals surface area contributed by atoms with Crippen molar-refractivity contribution in [2.75, 3.05) is 6.54 Å². The van der Waals surface area contributed by atoms with E-state index < -0.39 is 10.8 Å². The number of rotatable bonds is 7. The Morgan fingerprint density at radius 1 is 1.22 bits per heavy atom. The average molecular weight is 481 g/mol. The third-order valence-corrected chi connectivity index (χ3v) is 8.36. The minimum atomic E-state index is -0.527. The SMILES string of the molecule is Cc1nn(CCCNC(=O)c2nn(C34CC5CC(CC(C5)C3)C4)cc2[N+](=O)[O-])c(Cl)c1Cl. The van der Waals surface area contributed by atoms with Crippen LogP contribution in [0.1, 0.15) is 61.1 Å². The number of carbonyl (C=O) groups excluding carboxylic acids is 1. The number of aromatic nitrogens is 4. The van der Waals surface area contributed by atoms with Gasteiger partial charge in [-0.2, -0.15) is 10.2 Å². The van der Waals surface area contributed by atoms with Gasteiger partial charge in [0.1, 0.15) is 16.4 Å². The maximum Gasteiger partial charge on any atom is 0.320 e. The summed E-state index contributed by atoms with van der Waals surface area (Å²) in [6.07, 6.45) is 8.84. The predicted octanol–water partition coefficient (Wildman–Crippen LogP) is 4.35. The van der Waals surface area contributed by atoms with Crippen molar-refractivity contribution in [3.05, 3.63) is 37.9 Å². The van der Waals surface area contributed by atoms with Gasteiger partial charge in [-0.3, -0.25) is 24.3 Å². The van der Waals surface area contributed by atoms with Gasteiger partial charge >= 0.3 is 5.69 Å². The van der Waals surface area contributed by atoms with E-state index in [1.807, 2.05) is 0 Å². The van der Waals surface area contributed by atoms with Crippen molar-refractivity contribution in [3.63, 3.8) is 0 Å². The fourth-order valence-corrected chi connectivity index (χ4v) is 6.84. The molecule has 0 radical (unpaired) electrons. The zero-order valence-corrected chi connectivity index (χ0v) is 19.4. The molecular formula is C21H26Cl2N6O3. The number of nitrogens with one attached hydrogen (secondary N) is 1. The molecule has 2 aromatic rings. The maximum absolute atomic E-state index is 12.8. The van der Waals surface area contributed by atoms with Gasteiger partial charge in [0.25, 0.3) is 5.91 Å². The molecule has 4 aliphatic carbocycles. The quantitative estimate of drug-likeness (QED) is 0.360. The van der Waals surface area contributed by atoms with Gasteiger partial charge in [0.05, 0.1) is 16.2 Å². The number of carbonyl (C=O) groups is 1. The number of hydrogen-bond acceptors (Lipinski definition) is 5. The summed E-state index contributed by atoms with van der Waals surface area (Å²) < 4.78 is 3.34. The van der Waals surface area contributed by atoms with Crippen molar-refractivity contribution in [1.82, 2.24) is 24.9 Å². The van der Waals surface area contributed by atoms with Gasteiger partial charge in [-0.05, 0) is 69.6 Å². The summed E-state index contributed by atoms with van der Waals surface area (Å²) in [5, 5.41) is 24.0. The van der Waals surface area contributed by atoms with Crippen LogP contribution in [0.4, 0.5) is 5.69 Å². The fourth-order valence-electron chi connectivity index (χ4n) is 6.44. The molecule has 11 heteroatoms. The zero-order valence-electron chi connectivity index (χ0n) is 17.9. The van der Waals surface area contributed by atoms with Gasteiger partial charge in [-0.15, -0.1) is 0 Å². The molecule has 4 fully saturated rings. The van der Waals surface area contributed by atoms with Crippen LogP contribution in [-0.4, -0.2) is 36.9 Å². The summed E-state index contributed by atoms with van der Waals surface area (Å²) >= 11 is 12.2. The zero-order chi connectivity index (χ0) is 22.6. The molecule has 6 rings (SSSR count). The normalized spacial score (nSPS) is 28.3. The molecule has 0 aromatic carbocycles. The lowest BCUT2D eigenvalue weighted by atomic mass is 9.53. The second-order valence-corrected chi connectivity index (χ2v) is 10.5. The number of hydrogen-bond donors (Lipinski definition) is 1. The molecule has 32 heavy (non-hydrogen) atoms. The highest BCUT2D eigenvalue weighted by Gasteiger charge is 2.53. The van der Waals surface area contributed by atoms with Crippen molar-refractivity contribution in [3.8, 4) is 0 Å². The fraction of sp³-hybridized carbons (Fsp3) is 0.667. The molecule has 172 valence electrons. The molecule has 1 amide bonds. The van der Waals surface area contributed by atoms with E-state index in [-0.39, 0.29) is 16.9 Å². The maximum atomic E-state index is 12.8. The van der Waals surface area contributed by atoms with Crippen molar-refractivity contribution in [2.24, 2.45) is 17.8 Å². The Morgan fingerprint density at radius 2 is 1.84 bits per heavy atom. The van der Waals surface area contributed by atoms with Crippen LogP contribution in [0.5, 0.6) is 0 Å². The van der Waals surface area contributed by atoms with Gasteiger partial charge in [0.15, 0.2) is 0 Å². The molecule has 4 saturated carbocycles. The van der Waals surface area contributed by atoms with Crippen LogP contribution >= 0.6 is 23.2 Å². The summed E-state index contributed by atoms with van der Waals surface area (Å²) in [7, 11) is 0. The van der Waals surface area contributed by atoms with Crippen LogP contribution < -0.4 is 5.32 Å². The third-order valence-electron chi connectivity index (χ3n) is 7.43. The smallest absolute Gasteiger partial charge is 0.320 e. The van der Waals surface area contributed by atoms with E-state index in [0.29, 0.717) is 53.1 Å². The molecule has 2 aromatic heterocycles. The molecule has 0 aliphatic heterocycles. The van der Waals surface area contributed by atoms with E-state index in [4.69, 9.17) is 23.2 Å². The molecule has 0 atom stereocenters. The van der Waals surface area contributed by atoms with Gasteiger partial charge in [-0.1, -0.05) is 23.2 Å². The molecule has 0 spiro atoms. The predicted molar refractivity (Wildman–Crippen MR) is 119 cm³/mol. The minimum absolute atomic E-state index is 0.109. The average Bonchev–Trinajstić information content (AvgIpc) is 3.29. The Balaban J connectivity index is 1.28. The van der Waals surface area contributed by atoms with Crippen LogP contribution in [0, 0.1) is 34.8 Å². The Hall–Kier alpha value is -2.13. The minimum Gasteiger partial charge on any atom is -0.350 e. The highest BCUT2D eigenvalue weighted by Crippen LogP contribution is 2.58. The van der Waals surface area contributed by atoms with Crippen LogP contribution in [0.15, 0.2) is 6.20 Å². The van der Waals surface area contributed by atoms with E-state index >= 15 is 0 Å². The summed E-state index contributed by atoms with van der Waals surface area (Å²) in [4.78, 5) is 24.0. The third kappa shape index (κ3) is 3.69. The monoisotopic (exact) mass is 480 g/mol. The highest BCUT2D eigenvalue weighted by molar-refractivity contribution is 6.41. The summed E-state index contributed by atoms with van der Waals surface area (Å²) in [6.45, 7) is 2.55. The van der Waals surface area contributed by atoms with Crippen LogP contribution in [0.2, 0.25) is 10.2 Å². The van der Waals surface area contributed by atoms with Crippen LogP contribution in [-0.2, 0) is 12.1 Å². The van der Waals surface area contributed by atoms with Crippen molar-refractivity contribution in [1.29, 1.82) is 0 Å².